The third kappa shape index (κ3) is 2.45. The Kier molecular flexibility index (Phi) is 3.79. The molecule has 1 aromatic heterocycles. The van der Waals surface area contributed by atoms with Crippen molar-refractivity contribution in [1.29, 1.82) is 0 Å². The molecular formula is C12H10BrNO3S. The average Bonchev–Trinajstić information content (AvgIpc) is 2.40. The van der Waals surface area contributed by atoms with Crippen LogP contribution in [0.5, 0.6) is 0 Å². The lowest BCUT2D eigenvalue weighted by molar-refractivity contribution is 0.276. The molecule has 2 rings (SSSR count). The van der Waals surface area contributed by atoms with Crippen LogP contribution < -0.4 is 0 Å². The molecule has 0 saturated carbocycles. The maximum atomic E-state index is 12.4. The SMILES string of the molecule is O=S(=O)(c1ccccc1)c1cc(CO)ncc1Br. The number of aliphatic hydroxyl groups is 1. The van der Waals surface area contributed by atoms with Gasteiger partial charge < -0.3 is 5.11 Å². The Hall–Kier alpha value is -1.24. The quantitative estimate of drug-likeness (QED) is 0.938. The van der Waals surface area contributed by atoms with Gasteiger partial charge in [0.2, 0.25) is 9.84 Å². The summed E-state index contributed by atoms with van der Waals surface area (Å²) >= 11 is 3.17. The minimum atomic E-state index is -3.60. The molecule has 1 heterocycles. The van der Waals surface area contributed by atoms with Gasteiger partial charge in [-0.25, -0.2) is 8.42 Å². The average molecular weight is 328 g/mol. The van der Waals surface area contributed by atoms with E-state index >= 15 is 0 Å². The molecule has 0 atom stereocenters. The van der Waals surface area contributed by atoms with Gasteiger partial charge in [-0.05, 0) is 34.1 Å². The molecule has 0 spiro atoms. The number of aliphatic hydroxyl groups excluding tert-OH is 1. The first-order valence-corrected chi connectivity index (χ1v) is 7.39. The molecule has 0 radical (unpaired) electrons. The van der Waals surface area contributed by atoms with Gasteiger partial charge in [0, 0.05) is 6.20 Å². The van der Waals surface area contributed by atoms with E-state index in [0.717, 1.165) is 0 Å². The predicted molar refractivity (Wildman–Crippen MR) is 69.8 cm³/mol. The van der Waals surface area contributed by atoms with Gasteiger partial charge in [0.1, 0.15) is 0 Å². The standard InChI is InChI=1S/C12H10BrNO3S/c13-11-7-14-9(8-15)6-12(11)18(16,17)10-4-2-1-3-5-10/h1-7,15H,8H2. The highest BCUT2D eigenvalue weighted by Gasteiger charge is 2.21. The lowest BCUT2D eigenvalue weighted by atomic mass is 10.4. The fourth-order valence-electron chi connectivity index (χ4n) is 1.48. The first-order valence-electron chi connectivity index (χ1n) is 5.11. The summed E-state index contributed by atoms with van der Waals surface area (Å²) in [5.41, 5.74) is 0.313. The van der Waals surface area contributed by atoms with Crippen molar-refractivity contribution in [1.82, 2.24) is 4.98 Å². The largest absolute Gasteiger partial charge is 0.390 e. The Balaban J connectivity index is 2.61. The number of nitrogens with zero attached hydrogens (tertiary/aromatic N) is 1. The van der Waals surface area contributed by atoms with Crippen molar-refractivity contribution in [3.05, 3.63) is 52.8 Å². The molecule has 0 aliphatic carbocycles. The van der Waals surface area contributed by atoms with Crippen LogP contribution in [0.2, 0.25) is 0 Å². The highest BCUT2D eigenvalue weighted by atomic mass is 79.9. The van der Waals surface area contributed by atoms with E-state index in [-0.39, 0.29) is 16.4 Å². The maximum absolute atomic E-state index is 12.4. The number of rotatable bonds is 3. The summed E-state index contributed by atoms with van der Waals surface area (Å²) in [5.74, 6) is 0. The molecule has 1 aromatic carbocycles. The minimum Gasteiger partial charge on any atom is -0.390 e. The van der Waals surface area contributed by atoms with Crippen LogP contribution in [0.4, 0.5) is 0 Å². The van der Waals surface area contributed by atoms with E-state index in [0.29, 0.717) is 10.2 Å². The Labute approximate surface area is 113 Å². The van der Waals surface area contributed by atoms with Crippen molar-refractivity contribution in [2.24, 2.45) is 0 Å². The lowest BCUT2D eigenvalue weighted by Crippen LogP contribution is -2.04. The fraction of sp³-hybridized carbons (Fsp3) is 0.0833. The molecule has 18 heavy (non-hydrogen) atoms. The van der Waals surface area contributed by atoms with Crippen molar-refractivity contribution in [3.63, 3.8) is 0 Å². The van der Waals surface area contributed by atoms with Crippen LogP contribution in [0.1, 0.15) is 5.69 Å². The van der Waals surface area contributed by atoms with Crippen molar-refractivity contribution in [2.75, 3.05) is 0 Å². The second kappa shape index (κ2) is 5.17. The van der Waals surface area contributed by atoms with E-state index in [1.807, 2.05) is 0 Å². The molecule has 0 saturated heterocycles. The fourth-order valence-corrected chi connectivity index (χ4v) is 3.71. The molecule has 0 aliphatic heterocycles. The smallest absolute Gasteiger partial charge is 0.207 e. The third-order valence-electron chi connectivity index (χ3n) is 2.38. The van der Waals surface area contributed by atoms with Crippen molar-refractivity contribution in [3.8, 4) is 0 Å². The number of benzene rings is 1. The van der Waals surface area contributed by atoms with E-state index in [2.05, 4.69) is 20.9 Å². The van der Waals surface area contributed by atoms with E-state index < -0.39 is 9.84 Å². The number of hydrogen-bond acceptors (Lipinski definition) is 4. The summed E-state index contributed by atoms with van der Waals surface area (Å²) in [4.78, 5) is 4.22. The molecular weight excluding hydrogens is 318 g/mol. The Morgan fingerprint density at radius 1 is 1.22 bits per heavy atom. The van der Waals surface area contributed by atoms with E-state index in [9.17, 15) is 8.42 Å². The number of aromatic nitrogens is 1. The zero-order chi connectivity index (χ0) is 13.2. The highest BCUT2D eigenvalue weighted by Crippen LogP contribution is 2.27. The molecule has 6 heteroatoms. The van der Waals surface area contributed by atoms with Gasteiger partial charge in [-0.2, -0.15) is 0 Å². The van der Waals surface area contributed by atoms with Crippen LogP contribution in [0.25, 0.3) is 0 Å². The number of halogens is 1. The molecule has 94 valence electrons. The Morgan fingerprint density at radius 3 is 2.50 bits per heavy atom. The molecule has 0 aliphatic rings. The van der Waals surface area contributed by atoms with E-state index in [4.69, 9.17) is 5.11 Å². The van der Waals surface area contributed by atoms with Crippen LogP contribution in [0, 0.1) is 0 Å². The van der Waals surface area contributed by atoms with Gasteiger partial charge >= 0.3 is 0 Å². The van der Waals surface area contributed by atoms with E-state index in [1.165, 1.54) is 24.4 Å². The molecule has 4 nitrogen and oxygen atoms in total. The third-order valence-corrected chi connectivity index (χ3v) is 5.09. The van der Waals surface area contributed by atoms with Crippen molar-refractivity contribution in [2.45, 2.75) is 16.4 Å². The summed E-state index contributed by atoms with van der Waals surface area (Å²) in [6.07, 6.45) is 1.38. The summed E-state index contributed by atoms with van der Waals surface area (Å²) in [7, 11) is -3.60. The first-order chi connectivity index (χ1) is 8.55. The van der Waals surface area contributed by atoms with Crippen LogP contribution >= 0.6 is 15.9 Å². The number of hydrogen-bond donors (Lipinski definition) is 1. The van der Waals surface area contributed by atoms with Crippen LogP contribution in [-0.2, 0) is 16.4 Å². The molecule has 0 amide bonds. The zero-order valence-electron chi connectivity index (χ0n) is 9.25. The summed E-state index contributed by atoms with van der Waals surface area (Å²) < 4.78 is 25.1. The van der Waals surface area contributed by atoms with E-state index in [1.54, 1.807) is 18.2 Å². The normalized spacial score (nSPS) is 11.4. The molecule has 0 fully saturated rings. The summed E-state index contributed by atoms with van der Waals surface area (Å²) in [5, 5.41) is 9.02. The summed E-state index contributed by atoms with van der Waals surface area (Å²) in [6, 6.07) is 9.50. The molecule has 1 N–H and O–H groups in total. The van der Waals surface area contributed by atoms with Gasteiger partial charge in [-0.1, -0.05) is 18.2 Å². The second-order valence-electron chi connectivity index (χ2n) is 3.58. The monoisotopic (exact) mass is 327 g/mol. The van der Waals surface area contributed by atoms with Crippen molar-refractivity contribution < 1.29 is 13.5 Å². The van der Waals surface area contributed by atoms with Gasteiger partial charge in [-0.3, -0.25) is 4.98 Å². The van der Waals surface area contributed by atoms with Gasteiger partial charge in [0.15, 0.2) is 0 Å². The van der Waals surface area contributed by atoms with Crippen molar-refractivity contribution >= 4 is 25.8 Å². The first kappa shape index (κ1) is 13.2. The predicted octanol–water partition coefficient (Wildman–Crippen LogP) is 2.17. The highest BCUT2D eigenvalue weighted by molar-refractivity contribution is 9.10. The Morgan fingerprint density at radius 2 is 1.89 bits per heavy atom. The maximum Gasteiger partial charge on any atom is 0.207 e. The lowest BCUT2D eigenvalue weighted by Gasteiger charge is -2.07. The second-order valence-corrected chi connectivity index (χ2v) is 6.35. The van der Waals surface area contributed by atoms with Gasteiger partial charge in [0.05, 0.1) is 26.6 Å². The molecule has 0 bridgehead atoms. The topological polar surface area (TPSA) is 67.3 Å². The minimum absolute atomic E-state index is 0.104. The molecule has 0 unspecified atom stereocenters. The van der Waals surface area contributed by atoms with Crippen LogP contribution in [0.15, 0.2) is 56.9 Å². The molecule has 2 aromatic rings. The van der Waals surface area contributed by atoms with Crippen LogP contribution in [0.3, 0.4) is 0 Å². The summed E-state index contributed by atoms with van der Waals surface area (Å²) in [6.45, 7) is -0.301. The van der Waals surface area contributed by atoms with Gasteiger partial charge in [-0.15, -0.1) is 0 Å². The number of sulfone groups is 1. The Bertz CT molecular complexity index is 656. The number of pyridine rings is 1. The van der Waals surface area contributed by atoms with Crippen LogP contribution in [-0.4, -0.2) is 18.5 Å². The van der Waals surface area contributed by atoms with Gasteiger partial charge in [0.25, 0.3) is 0 Å². The zero-order valence-corrected chi connectivity index (χ0v) is 11.6.